The van der Waals surface area contributed by atoms with Crippen molar-refractivity contribution >= 4 is 27.9 Å². The minimum absolute atomic E-state index is 0. The van der Waals surface area contributed by atoms with E-state index in [0.717, 1.165) is 6.42 Å². The molecule has 0 amide bonds. The molecule has 3 heteroatoms. The molecule has 0 bridgehead atoms. The first kappa shape index (κ1) is 14.8. The molecule has 1 atom stereocenters. The van der Waals surface area contributed by atoms with Gasteiger partial charge in [-0.05, 0) is 32.0 Å². The summed E-state index contributed by atoms with van der Waals surface area (Å²) in [7, 11) is 2.07. The second kappa shape index (κ2) is 6.63. The van der Waals surface area contributed by atoms with E-state index in [1.54, 1.807) is 0 Å². The zero-order valence-electron chi connectivity index (χ0n) is 10.8. The van der Waals surface area contributed by atoms with E-state index >= 15 is 0 Å². The fourth-order valence-electron chi connectivity index (χ4n) is 2.07. The Kier molecular flexibility index (Phi) is 5.46. The second-order valence-electron chi connectivity index (χ2n) is 4.53. The van der Waals surface area contributed by atoms with Gasteiger partial charge < -0.3 is 4.98 Å². The number of aromatic nitrogens is 1. The molecule has 96 valence electrons. The lowest BCUT2D eigenvalue weighted by atomic mass is 10.1. The average Bonchev–Trinajstić information content (AvgIpc) is 2.73. The van der Waals surface area contributed by atoms with Gasteiger partial charge in [0.1, 0.15) is 0 Å². The highest BCUT2D eigenvalue weighted by Gasteiger charge is 2.11. The minimum atomic E-state index is 0. The number of nitrogens with zero attached hydrogens (tertiary/aromatic N) is 1. The number of aromatic amines is 1. The van der Waals surface area contributed by atoms with E-state index in [1.165, 1.54) is 16.5 Å². The van der Waals surface area contributed by atoms with E-state index in [4.69, 9.17) is 6.42 Å². The summed E-state index contributed by atoms with van der Waals surface area (Å²) in [4.78, 5) is 5.50. The number of H-pyrrole nitrogens is 1. The molecule has 1 aromatic heterocycles. The van der Waals surface area contributed by atoms with Gasteiger partial charge in [0.25, 0.3) is 0 Å². The van der Waals surface area contributed by atoms with Crippen molar-refractivity contribution in [3.8, 4) is 12.3 Å². The number of hydrogen-bond donors (Lipinski definition) is 1. The maximum Gasteiger partial charge on any atom is 0.0598 e. The van der Waals surface area contributed by atoms with Crippen molar-refractivity contribution in [3.63, 3.8) is 0 Å². The van der Waals surface area contributed by atoms with Crippen LogP contribution in [0.2, 0.25) is 0 Å². The summed E-state index contributed by atoms with van der Waals surface area (Å²) in [5.74, 6) is 2.68. The summed E-state index contributed by atoms with van der Waals surface area (Å²) in [6, 6.07) is 8.85. The van der Waals surface area contributed by atoms with E-state index in [2.05, 4.69) is 60.2 Å². The first-order valence-electron chi connectivity index (χ1n) is 5.91. The number of rotatable bonds is 4. The summed E-state index contributed by atoms with van der Waals surface area (Å²) in [5, 5.41) is 1.31. The Bertz CT molecular complexity index is 539. The predicted octanol–water partition coefficient (Wildman–Crippen LogP) is 3.24. The van der Waals surface area contributed by atoms with Gasteiger partial charge in [0.2, 0.25) is 0 Å². The molecule has 0 aliphatic rings. The molecule has 1 unspecified atom stereocenters. The first-order valence-corrected chi connectivity index (χ1v) is 5.91. The van der Waals surface area contributed by atoms with Crippen molar-refractivity contribution in [2.75, 3.05) is 13.6 Å². The van der Waals surface area contributed by atoms with Gasteiger partial charge >= 0.3 is 0 Å². The summed E-state index contributed by atoms with van der Waals surface area (Å²) >= 11 is 0. The van der Waals surface area contributed by atoms with Crippen LogP contribution in [0.4, 0.5) is 0 Å². The van der Waals surface area contributed by atoms with Crippen molar-refractivity contribution in [2.45, 2.75) is 19.4 Å². The SMILES string of the molecule is Br.C#CCN(C)C(C)Cc1c[nH]c2ccccc12. The van der Waals surface area contributed by atoms with Crippen LogP contribution in [0.25, 0.3) is 10.9 Å². The van der Waals surface area contributed by atoms with Gasteiger partial charge in [-0.1, -0.05) is 24.1 Å². The Morgan fingerprint density at radius 3 is 2.83 bits per heavy atom. The first-order chi connectivity index (χ1) is 8.22. The number of nitrogens with one attached hydrogen (secondary N) is 1. The molecule has 1 heterocycles. The third-order valence-electron chi connectivity index (χ3n) is 3.28. The fourth-order valence-corrected chi connectivity index (χ4v) is 2.07. The highest BCUT2D eigenvalue weighted by molar-refractivity contribution is 8.93. The lowest BCUT2D eigenvalue weighted by Crippen LogP contribution is -2.31. The van der Waals surface area contributed by atoms with Crippen LogP contribution < -0.4 is 0 Å². The fraction of sp³-hybridized carbons (Fsp3) is 0.333. The van der Waals surface area contributed by atoms with Crippen LogP contribution >= 0.6 is 17.0 Å². The van der Waals surface area contributed by atoms with Gasteiger partial charge in [0, 0.05) is 23.1 Å². The van der Waals surface area contributed by atoms with E-state index < -0.39 is 0 Å². The average molecular weight is 307 g/mol. The van der Waals surface area contributed by atoms with Crippen LogP contribution in [-0.4, -0.2) is 29.5 Å². The molecule has 0 saturated heterocycles. The predicted molar refractivity (Wildman–Crippen MR) is 83.2 cm³/mol. The van der Waals surface area contributed by atoms with Gasteiger partial charge in [0.05, 0.1) is 6.54 Å². The molecule has 0 radical (unpaired) electrons. The van der Waals surface area contributed by atoms with Gasteiger partial charge in [-0.2, -0.15) is 0 Å². The van der Waals surface area contributed by atoms with Gasteiger partial charge in [-0.3, -0.25) is 4.90 Å². The van der Waals surface area contributed by atoms with Gasteiger partial charge in [0.15, 0.2) is 0 Å². The second-order valence-corrected chi connectivity index (χ2v) is 4.53. The zero-order chi connectivity index (χ0) is 12.3. The molecule has 0 saturated carbocycles. The van der Waals surface area contributed by atoms with Crippen LogP contribution in [0.3, 0.4) is 0 Å². The molecule has 1 aromatic carbocycles. The third-order valence-corrected chi connectivity index (χ3v) is 3.28. The number of para-hydroxylation sites is 1. The molecule has 2 aromatic rings. The molecule has 0 aliphatic carbocycles. The Morgan fingerprint density at radius 2 is 2.11 bits per heavy atom. The summed E-state index contributed by atoms with van der Waals surface area (Å²) in [5.41, 5.74) is 2.56. The molecule has 1 N–H and O–H groups in total. The Hall–Kier alpha value is -1.24. The van der Waals surface area contributed by atoms with E-state index in [-0.39, 0.29) is 17.0 Å². The molecular weight excluding hydrogens is 288 g/mol. The number of terminal acetylenes is 1. The van der Waals surface area contributed by atoms with Crippen LogP contribution in [0.5, 0.6) is 0 Å². The molecular formula is C15H19BrN2. The van der Waals surface area contributed by atoms with Crippen LogP contribution in [0.15, 0.2) is 30.5 Å². The quantitative estimate of drug-likeness (QED) is 0.859. The highest BCUT2D eigenvalue weighted by Crippen LogP contribution is 2.19. The molecule has 0 fully saturated rings. The Morgan fingerprint density at radius 1 is 1.39 bits per heavy atom. The van der Waals surface area contributed by atoms with Crippen molar-refractivity contribution < 1.29 is 0 Å². The Labute approximate surface area is 119 Å². The van der Waals surface area contributed by atoms with Gasteiger partial charge in [-0.25, -0.2) is 0 Å². The number of halogens is 1. The van der Waals surface area contributed by atoms with Crippen molar-refractivity contribution in [1.29, 1.82) is 0 Å². The topological polar surface area (TPSA) is 19.0 Å². The lowest BCUT2D eigenvalue weighted by molar-refractivity contribution is 0.287. The smallest absolute Gasteiger partial charge is 0.0598 e. The summed E-state index contributed by atoms with van der Waals surface area (Å²) < 4.78 is 0. The molecule has 0 spiro atoms. The maximum absolute atomic E-state index is 5.33. The van der Waals surface area contributed by atoms with E-state index in [0.29, 0.717) is 12.6 Å². The third kappa shape index (κ3) is 3.16. The van der Waals surface area contributed by atoms with Crippen LogP contribution in [0.1, 0.15) is 12.5 Å². The minimum Gasteiger partial charge on any atom is -0.361 e. The molecule has 18 heavy (non-hydrogen) atoms. The summed E-state index contributed by atoms with van der Waals surface area (Å²) in [6.07, 6.45) is 8.45. The number of fused-ring (bicyclic) bond motifs is 1. The van der Waals surface area contributed by atoms with Crippen molar-refractivity contribution in [2.24, 2.45) is 0 Å². The normalized spacial score (nSPS) is 12.1. The van der Waals surface area contributed by atoms with Crippen LogP contribution in [0, 0.1) is 12.3 Å². The standard InChI is InChI=1S/C15H18N2.BrH/c1-4-9-17(3)12(2)10-13-11-16-15-8-6-5-7-14(13)15;/h1,5-8,11-12,16H,9-10H2,2-3H3;1H. The number of benzene rings is 1. The number of likely N-dealkylation sites (N-methyl/N-ethyl adjacent to an activating group) is 1. The largest absolute Gasteiger partial charge is 0.361 e. The van der Waals surface area contributed by atoms with Crippen molar-refractivity contribution in [1.82, 2.24) is 9.88 Å². The molecule has 2 rings (SSSR count). The van der Waals surface area contributed by atoms with Crippen molar-refractivity contribution in [3.05, 3.63) is 36.0 Å². The Balaban J connectivity index is 0.00000162. The summed E-state index contributed by atoms with van der Waals surface area (Å²) in [6.45, 7) is 2.91. The van der Waals surface area contributed by atoms with Gasteiger partial charge in [-0.15, -0.1) is 23.4 Å². The maximum atomic E-state index is 5.33. The highest BCUT2D eigenvalue weighted by atomic mass is 79.9. The zero-order valence-corrected chi connectivity index (χ0v) is 12.5. The van der Waals surface area contributed by atoms with E-state index in [1.807, 2.05) is 0 Å². The molecule has 2 nitrogen and oxygen atoms in total. The number of hydrogen-bond acceptors (Lipinski definition) is 1. The molecule has 0 aliphatic heterocycles. The monoisotopic (exact) mass is 306 g/mol. The van der Waals surface area contributed by atoms with Crippen LogP contribution in [-0.2, 0) is 6.42 Å². The lowest BCUT2D eigenvalue weighted by Gasteiger charge is -2.22. The van der Waals surface area contributed by atoms with E-state index in [9.17, 15) is 0 Å².